The predicted octanol–water partition coefficient (Wildman–Crippen LogP) is 3.72. The lowest BCUT2D eigenvalue weighted by Gasteiger charge is -2.31. The Balaban J connectivity index is 1.46. The molecule has 2 aliphatic rings. The summed E-state index contributed by atoms with van der Waals surface area (Å²) in [5.41, 5.74) is 1.26. The molecule has 1 aromatic carbocycles. The molecule has 5 heteroatoms. The second-order valence-electron chi connectivity index (χ2n) is 6.96. The molecule has 0 aliphatic carbocycles. The van der Waals surface area contributed by atoms with Crippen molar-refractivity contribution >= 4 is 27.6 Å². The Morgan fingerprint density at radius 1 is 1.30 bits per heavy atom. The fourth-order valence-electron chi connectivity index (χ4n) is 3.62. The van der Waals surface area contributed by atoms with Crippen molar-refractivity contribution in [1.82, 2.24) is 10.2 Å². The Morgan fingerprint density at radius 2 is 2.17 bits per heavy atom. The van der Waals surface area contributed by atoms with Crippen LogP contribution in [0.1, 0.15) is 26.2 Å². The molecule has 2 aliphatic heterocycles. The molecule has 0 saturated carbocycles. The quantitative estimate of drug-likeness (QED) is 0.868. The molecule has 1 N–H and O–H groups in total. The highest BCUT2D eigenvalue weighted by molar-refractivity contribution is 9.10. The van der Waals surface area contributed by atoms with Crippen molar-refractivity contribution in [3.63, 3.8) is 0 Å². The largest absolute Gasteiger partial charge is 0.371 e. The molecule has 1 aromatic rings. The van der Waals surface area contributed by atoms with Crippen LogP contribution in [0.5, 0.6) is 0 Å². The van der Waals surface area contributed by atoms with Gasteiger partial charge in [-0.05, 0) is 49.3 Å². The van der Waals surface area contributed by atoms with Crippen LogP contribution >= 0.6 is 15.9 Å². The van der Waals surface area contributed by atoms with E-state index in [-0.39, 0.29) is 6.03 Å². The number of carbonyl (C=O) groups is 1. The second-order valence-corrected chi connectivity index (χ2v) is 7.88. The van der Waals surface area contributed by atoms with Gasteiger partial charge in [0.1, 0.15) is 0 Å². The molecule has 0 radical (unpaired) electrons. The lowest BCUT2D eigenvalue weighted by atomic mass is 10.0. The number of amides is 2. The summed E-state index contributed by atoms with van der Waals surface area (Å²) in [5, 5.41) is 3.15. The van der Waals surface area contributed by atoms with Gasteiger partial charge in [-0.3, -0.25) is 0 Å². The summed E-state index contributed by atoms with van der Waals surface area (Å²) in [6.45, 7) is 6.91. The first kappa shape index (κ1) is 16.6. The topological polar surface area (TPSA) is 35.6 Å². The minimum atomic E-state index is 0.123. The monoisotopic (exact) mass is 379 g/mol. The Bertz CT molecular complexity index is 551. The molecular weight excluding hydrogens is 354 g/mol. The molecule has 2 amide bonds. The summed E-state index contributed by atoms with van der Waals surface area (Å²) in [6.07, 6.45) is 3.52. The van der Waals surface area contributed by atoms with E-state index in [0.717, 1.165) is 50.0 Å². The number of hydrogen-bond donors (Lipinski definition) is 1. The summed E-state index contributed by atoms with van der Waals surface area (Å²) >= 11 is 3.53. The highest BCUT2D eigenvalue weighted by Crippen LogP contribution is 2.26. The van der Waals surface area contributed by atoms with E-state index in [9.17, 15) is 4.79 Å². The number of piperidine rings is 1. The van der Waals surface area contributed by atoms with Gasteiger partial charge in [-0.2, -0.15) is 0 Å². The van der Waals surface area contributed by atoms with Gasteiger partial charge in [-0.15, -0.1) is 0 Å². The van der Waals surface area contributed by atoms with Crippen LogP contribution in [0, 0.1) is 11.8 Å². The predicted molar refractivity (Wildman–Crippen MR) is 97.8 cm³/mol. The van der Waals surface area contributed by atoms with Gasteiger partial charge < -0.3 is 15.1 Å². The Kier molecular flexibility index (Phi) is 5.46. The van der Waals surface area contributed by atoms with Crippen LogP contribution < -0.4 is 10.2 Å². The molecule has 0 bridgehead atoms. The fraction of sp³-hybridized carbons (Fsp3) is 0.611. The third-order valence-electron chi connectivity index (χ3n) is 4.95. The minimum absolute atomic E-state index is 0.123. The number of hydrogen-bond acceptors (Lipinski definition) is 2. The Labute approximate surface area is 147 Å². The number of nitrogens with one attached hydrogen (secondary N) is 1. The van der Waals surface area contributed by atoms with Crippen molar-refractivity contribution in [3.8, 4) is 0 Å². The molecule has 2 fully saturated rings. The molecular formula is C18H26BrN3O. The van der Waals surface area contributed by atoms with Gasteiger partial charge in [-0.25, -0.2) is 4.79 Å². The van der Waals surface area contributed by atoms with E-state index in [0.29, 0.717) is 11.8 Å². The maximum atomic E-state index is 12.3. The standard InChI is InChI=1S/C18H26BrN3O/c1-14-4-3-8-22(12-14)18(23)20-11-15-7-9-21(13-15)17-6-2-5-16(19)10-17/h2,5-6,10,14-15H,3-4,7-9,11-13H2,1H3,(H,20,23). The van der Waals surface area contributed by atoms with Crippen molar-refractivity contribution in [1.29, 1.82) is 0 Å². The van der Waals surface area contributed by atoms with Crippen LogP contribution in [0.3, 0.4) is 0 Å². The second kappa shape index (κ2) is 7.56. The minimum Gasteiger partial charge on any atom is -0.371 e. The summed E-state index contributed by atoms with van der Waals surface area (Å²) in [4.78, 5) is 16.7. The first-order valence-electron chi connectivity index (χ1n) is 8.65. The van der Waals surface area contributed by atoms with Crippen molar-refractivity contribution in [2.75, 3.05) is 37.6 Å². The van der Waals surface area contributed by atoms with E-state index in [1.165, 1.54) is 12.1 Å². The zero-order valence-corrected chi connectivity index (χ0v) is 15.4. The number of nitrogens with zero attached hydrogens (tertiary/aromatic N) is 2. The summed E-state index contributed by atoms with van der Waals surface area (Å²) in [7, 11) is 0. The van der Waals surface area contributed by atoms with E-state index in [1.54, 1.807) is 0 Å². The van der Waals surface area contributed by atoms with Gasteiger partial charge >= 0.3 is 6.03 Å². The fourth-order valence-corrected chi connectivity index (χ4v) is 4.01. The third-order valence-corrected chi connectivity index (χ3v) is 5.44. The number of carbonyl (C=O) groups excluding carboxylic acids is 1. The van der Waals surface area contributed by atoms with Gasteiger partial charge in [0.25, 0.3) is 0 Å². The number of halogens is 1. The number of likely N-dealkylation sites (tertiary alicyclic amines) is 1. The average Bonchev–Trinajstić information content (AvgIpc) is 3.01. The Morgan fingerprint density at radius 3 is 2.96 bits per heavy atom. The van der Waals surface area contributed by atoms with Crippen molar-refractivity contribution in [2.45, 2.75) is 26.2 Å². The van der Waals surface area contributed by atoms with Crippen LogP contribution in [0.4, 0.5) is 10.5 Å². The molecule has 3 rings (SSSR count). The van der Waals surface area contributed by atoms with Crippen molar-refractivity contribution in [2.24, 2.45) is 11.8 Å². The number of rotatable bonds is 3. The van der Waals surface area contributed by atoms with Crippen LogP contribution in [-0.4, -0.2) is 43.7 Å². The highest BCUT2D eigenvalue weighted by Gasteiger charge is 2.25. The summed E-state index contributed by atoms with van der Waals surface area (Å²) in [6, 6.07) is 8.57. The van der Waals surface area contributed by atoms with Gasteiger partial charge in [0.2, 0.25) is 0 Å². The van der Waals surface area contributed by atoms with Gasteiger partial charge in [0, 0.05) is 42.9 Å². The number of anilines is 1. The molecule has 2 atom stereocenters. The first-order chi connectivity index (χ1) is 11.1. The van der Waals surface area contributed by atoms with E-state index >= 15 is 0 Å². The Hall–Kier alpha value is -1.23. The van der Waals surface area contributed by atoms with Crippen LogP contribution in [0.25, 0.3) is 0 Å². The smallest absolute Gasteiger partial charge is 0.317 e. The molecule has 0 spiro atoms. The molecule has 23 heavy (non-hydrogen) atoms. The zero-order chi connectivity index (χ0) is 16.2. The third kappa shape index (κ3) is 4.40. The van der Waals surface area contributed by atoms with E-state index in [1.807, 2.05) is 4.90 Å². The molecule has 2 heterocycles. The normalized spacial score (nSPS) is 24.8. The maximum absolute atomic E-state index is 12.3. The molecule has 2 saturated heterocycles. The number of urea groups is 1. The maximum Gasteiger partial charge on any atom is 0.317 e. The van der Waals surface area contributed by atoms with E-state index < -0.39 is 0 Å². The molecule has 4 nitrogen and oxygen atoms in total. The highest BCUT2D eigenvalue weighted by atomic mass is 79.9. The van der Waals surface area contributed by atoms with Gasteiger partial charge in [-0.1, -0.05) is 28.9 Å². The first-order valence-corrected chi connectivity index (χ1v) is 9.44. The molecule has 126 valence electrons. The lowest BCUT2D eigenvalue weighted by molar-refractivity contribution is 0.168. The van der Waals surface area contributed by atoms with Gasteiger partial charge in [0.05, 0.1) is 0 Å². The van der Waals surface area contributed by atoms with Crippen LogP contribution in [-0.2, 0) is 0 Å². The number of benzene rings is 1. The van der Waals surface area contributed by atoms with Crippen LogP contribution in [0.15, 0.2) is 28.7 Å². The summed E-state index contributed by atoms with van der Waals surface area (Å²) < 4.78 is 1.12. The lowest BCUT2D eigenvalue weighted by Crippen LogP contribution is -2.46. The van der Waals surface area contributed by atoms with Crippen molar-refractivity contribution < 1.29 is 4.79 Å². The zero-order valence-electron chi connectivity index (χ0n) is 13.8. The van der Waals surface area contributed by atoms with E-state index in [4.69, 9.17) is 0 Å². The SMILES string of the molecule is CC1CCCN(C(=O)NCC2CCN(c3cccc(Br)c3)C2)C1. The molecule has 0 aromatic heterocycles. The average molecular weight is 380 g/mol. The van der Waals surface area contributed by atoms with Crippen molar-refractivity contribution in [3.05, 3.63) is 28.7 Å². The van der Waals surface area contributed by atoms with Crippen LogP contribution in [0.2, 0.25) is 0 Å². The summed E-state index contributed by atoms with van der Waals surface area (Å²) in [5.74, 6) is 1.17. The van der Waals surface area contributed by atoms with Gasteiger partial charge in [0.15, 0.2) is 0 Å². The molecule has 2 unspecified atom stereocenters. The van der Waals surface area contributed by atoms with E-state index in [2.05, 4.69) is 57.3 Å².